The Hall–Kier alpha value is -1.92. The molecule has 0 saturated heterocycles. The Labute approximate surface area is 165 Å². The van der Waals surface area contributed by atoms with E-state index in [1.165, 1.54) is 10.4 Å². The average Bonchev–Trinajstić information content (AvgIpc) is 3.00. The van der Waals surface area contributed by atoms with Gasteiger partial charge in [0.15, 0.2) is 0 Å². The summed E-state index contributed by atoms with van der Waals surface area (Å²) in [5, 5.41) is 4.60. The summed E-state index contributed by atoms with van der Waals surface area (Å²) < 4.78 is 8.50. The van der Waals surface area contributed by atoms with Crippen LogP contribution < -0.4 is 10.1 Å². The van der Waals surface area contributed by atoms with Crippen molar-refractivity contribution in [2.75, 3.05) is 7.11 Å². The Morgan fingerprint density at radius 2 is 2.19 bits per heavy atom. The highest BCUT2D eigenvalue weighted by molar-refractivity contribution is 9.10. The first-order valence-electron chi connectivity index (χ1n) is 8.46. The zero-order valence-electron chi connectivity index (χ0n) is 14.6. The minimum absolute atomic E-state index is 0.0618. The van der Waals surface area contributed by atoms with Gasteiger partial charge >= 0.3 is 0 Å². The van der Waals surface area contributed by atoms with Crippen molar-refractivity contribution in [1.29, 1.82) is 0 Å². The maximum absolute atomic E-state index is 12.9. The fraction of sp³-hybridized carbons (Fsp3) is 0.250. The number of amides is 1. The normalized spacial score (nSPS) is 15.9. The predicted molar refractivity (Wildman–Crippen MR) is 109 cm³/mol. The molecule has 3 aromatic rings. The lowest BCUT2D eigenvalue weighted by molar-refractivity contribution is 0.0941. The van der Waals surface area contributed by atoms with Gasteiger partial charge in [0.25, 0.3) is 5.91 Å². The van der Waals surface area contributed by atoms with E-state index in [-0.39, 0.29) is 5.91 Å². The van der Waals surface area contributed by atoms with E-state index in [2.05, 4.69) is 50.9 Å². The van der Waals surface area contributed by atoms with Gasteiger partial charge in [0.1, 0.15) is 11.4 Å². The minimum atomic E-state index is -0.0618. The van der Waals surface area contributed by atoms with Crippen LogP contribution in [0.4, 0.5) is 0 Å². The first-order chi connectivity index (χ1) is 12.6. The number of aromatic nitrogens is 1. The molecule has 0 spiro atoms. The van der Waals surface area contributed by atoms with E-state index in [0.717, 1.165) is 27.7 Å². The molecule has 0 unspecified atom stereocenters. The smallest absolute Gasteiger partial charge is 0.268 e. The van der Waals surface area contributed by atoms with Gasteiger partial charge in [0, 0.05) is 38.7 Å². The van der Waals surface area contributed by atoms with E-state index >= 15 is 0 Å². The minimum Gasteiger partial charge on any atom is -0.496 e. The van der Waals surface area contributed by atoms with E-state index in [1.54, 1.807) is 7.11 Å². The second-order valence-electron chi connectivity index (χ2n) is 6.40. The topological polar surface area (TPSA) is 43.3 Å². The molecule has 0 aliphatic carbocycles. The van der Waals surface area contributed by atoms with Gasteiger partial charge in [0.05, 0.1) is 12.6 Å². The number of carbonyl (C=O) groups is 1. The Morgan fingerprint density at radius 1 is 1.35 bits per heavy atom. The van der Waals surface area contributed by atoms with Gasteiger partial charge in [0.2, 0.25) is 0 Å². The molecule has 1 aliphatic rings. The van der Waals surface area contributed by atoms with Crippen LogP contribution >= 0.6 is 27.7 Å². The third-order valence-electron chi connectivity index (χ3n) is 4.57. The number of ether oxygens (including phenoxy) is 1. The summed E-state index contributed by atoms with van der Waals surface area (Å²) >= 11 is 5.34. The van der Waals surface area contributed by atoms with Crippen LogP contribution in [-0.2, 0) is 13.1 Å². The molecule has 2 heterocycles. The van der Waals surface area contributed by atoms with Crippen LogP contribution in [0, 0.1) is 0 Å². The molecule has 4 nitrogen and oxygen atoms in total. The van der Waals surface area contributed by atoms with Crippen molar-refractivity contribution in [3.05, 3.63) is 58.2 Å². The van der Waals surface area contributed by atoms with Crippen LogP contribution in [0.2, 0.25) is 0 Å². The molecule has 1 N–H and O–H groups in total. The molecule has 4 rings (SSSR count). The van der Waals surface area contributed by atoms with Crippen LogP contribution in [0.1, 0.15) is 23.0 Å². The summed E-state index contributed by atoms with van der Waals surface area (Å²) in [6.07, 6.45) is 0. The summed E-state index contributed by atoms with van der Waals surface area (Å²) in [4.78, 5) is 14.1. The molecule has 6 heteroatoms. The summed E-state index contributed by atoms with van der Waals surface area (Å²) in [6.45, 7) is 3.45. The van der Waals surface area contributed by atoms with Crippen molar-refractivity contribution in [2.45, 2.75) is 30.2 Å². The number of halogens is 1. The number of carbonyl (C=O) groups excluding carboxylic acids is 1. The lowest BCUT2D eigenvalue weighted by Crippen LogP contribution is -2.27. The quantitative estimate of drug-likeness (QED) is 0.643. The monoisotopic (exact) mass is 430 g/mol. The highest BCUT2D eigenvalue weighted by atomic mass is 79.9. The van der Waals surface area contributed by atoms with Crippen LogP contribution in [0.25, 0.3) is 10.9 Å². The van der Waals surface area contributed by atoms with Gasteiger partial charge in [-0.15, -0.1) is 11.8 Å². The molecule has 1 aliphatic heterocycles. The Balaban J connectivity index is 1.63. The van der Waals surface area contributed by atoms with Gasteiger partial charge in [-0.2, -0.15) is 0 Å². The van der Waals surface area contributed by atoms with Crippen LogP contribution in [-0.4, -0.2) is 22.8 Å². The molecule has 1 aromatic heterocycles. The summed E-state index contributed by atoms with van der Waals surface area (Å²) in [5.41, 5.74) is 2.82. The average molecular weight is 431 g/mol. The van der Waals surface area contributed by atoms with Gasteiger partial charge in [-0.25, -0.2) is 0 Å². The number of nitrogens with one attached hydrogen (secondary N) is 1. The molecule has 134 valence electrons. The predicted octanol–water partition coefficient (Wildman–Crippen LogP) is 4.84. The largest absolute Gasteiger partial charge is 0.496 e. The van der Waals surface area contributed by atoms with Crippen molar-refractivity contribution in [3.63, 3.8) is 0 Å². The van der Waals surface area contributed by atoms with Gasteiger partial charge in [-0.3, -0.25) is 4.79 Å². The Bertz CT molecular complexity index is 999. The molecule has 0 fully saturated rings. The first-order valence-corrected chi connectivity index (χ1v) is 10.1. The maximum Gasteiger partial charge on any atom is 0.268 e. The van der Waals surface area contributed by atoms with Crippen LogP contribution in [0.3, 0.4) is 0 Å². The van der Waals surface area contributed by atoms with E-state index < -0.39 is 0 Å². The van der Waals surface area contributed by atoms with Gasteiger partial charge < -0.3 is 14.6 Å². The van der Waals surface area contributed by atoms with Crippen molar-refractivity contribution >= 4 is 44.5 Å². The molecule has 1 amide bonds. The third-order valence-corrected chi connectivity index (χ3v) is 6.19. The number of hydrogen-bond acceptors (Lipinski definition) is 3. The summed E-state index contributed by atoms with van der Waals surface area (Å²) in [7, 11) is 1.64. The number of hydrogen-bond donors (Lipinski definition) is 1. The maximum atomic E-state index is 12.9. The van der Waals surface area contributed by atoms with Crippen molar-refractivity contribution in [3.8, 4) is 5.75 Å². The van der Waals surface area contributed by atoms with E-state index in [4.69, 9.17) is 4.74 Å². The van der Waals surface area contributed by atoms with E-state index in [9.17, 15) is 4.79 Å². The second-order valence-corrected chi connectivity index (χ2v) is 8.80. The molecule has 0 bridgehead atoms. The first kappa shape index (κ1) is 17.5. The molecule has 1 atom stereocenters. The highest BCUT2D eigenvalue weighted by Crippen LogP contribution is 2.38. The zero-order valence-corrected chi connectivity index (χ0v) is 17.0. The van der Waals surface area contributed by atoms with Gasteiger partial charge in [-0.1, -0.05) is 35.0 Å². The number of rotatable bonds is 4. The van der Waals surface area contributed by atoms with Crippen molar-refractivity contribution in [1.82, 2.24) is 9.88 Å². The van der Waals surface area contributed by atoms with E-state index in [1.807, 2.05) is 36.0 Å². The number of methoxy groups -OCH3 is 1. The van der Waals surface area contributed by atoms with Crippen molar-refractivity contribution in [2.24, 2.45) is 0 Å². The van der Waals surface area contributed by atoms with Crippen molar-refractivity contribution < 1.29 is 9.53 Å². The zero-order chi connectivity index (χ0) is 18.3. The van der Waals surface area contributed by atoms with Crippen LogP contribution in [0.15, 0.2) is 51.8 Å². The molecule has 26 heavy (non-hydrogen) atoms. The standard InChI is InChI=1S/C20H19BrN2O2S/c1-12-11-23-16(9-13-4-3-5-18(26-12)19(13)23)20(24)22-10-14-8-15(21)6-7-17(14)25-2/h3-9,12H,10-11H2,1-2H3,(H,22,24)/t12-/m0/s1. The highest BCUT2D eigenvalue weighted by Gasteiger charge is 2.24. The molecule has 2 aromatic carbocycles. The Morgan fingerprint density at radius 3 is 3.00 bits per heavy atom. The third kappa shape index (κ3) is 3.12. The lowest BCUT2D eigenvalue weighted by Gasteiger charge is -2.22. The lowest BCUT2D eigenvalue weighted by atomic mass is 10.2. The Kier molecular flexibility index (Phi) is 4.71. The SMILES string of the molecule is COc1ccc(Br)cc1CNC(=O)c1cc2cccc3c2n1C[C@H](C)S3. The number of benzene rings is 2. The fourth-order valence-electron chi connectivity index (χ4n) is 3.43. The molecular formula is C20H19BrN2O2S. The molecule has 0 saturated carbocycles. The number of nitrogens with zero attached hydrogens (tertiary/aromatic N) is 1. The van der Waals surface area contributed by atoms with Gasteiger partial charge in [-0.05, 0) is 30.3 Å². The molecular weight excluding hydrogens is 412 g/mol. The fourth-order valence-corrected chi connectivity index (χ4v) is 4.99. The van der Waals surface area contributed by atoms with Crippen LogP contribution in [0.5, 0.6) is 5.75 Å². The molecule has 0 radical (unpaired) electrons. The van der Waals surface area contributed by atoms with E-state index in [0.29, 0.717) is 17.5 Å². The summed E-state index contributed by atoms with van der Waals surface area (Å²) in [5.74, 6) is 0.704. The number of thioether (sulfide) groups is 1. The second kappa shape index (κ2) is 7.00. The number of para-hydroxylation sites is 1. The summed E-state index contributed by atoms with van der Waals surface area (Å²) in [6, 6.07) is 14.0.